The second kappa shape index (κ2) is 17.6. The van der Waals surface area contributed by atoms with E-state index < -0.39 is 41.7 Å². The van der Waals surface area contributed by atoms with Gasteiger partial charge in [-0.25, -0.2) is 0 Å². The van der Waals surface area contributed by atoms with Crippen molar-refractivity contribution in [1.29, 1.82) is 0 Å². The van der Waals surface area contributed by atoms with Crippen LogP contribution in [0.5, 0.6) is 5.75 Å². The Kier molecular flexibility index (Phi) is 16.3. The third-order valence-electron chi connectivity index (χ3n) is 7.83. The van der Waals surface area contributed by atoms with Crippen LogP contribution in [-0.2, 0) is 0 Å². The molecule has 0 bridgehead atoms. The van der Waals surface area contributed by atoms with E-state index in [-0.39, 0.29) is 0 Å². The number of halogens is 5. The van der Waals surface area contributed by atoms with Crippen molar-refractivity contribution in [3.05, 3.63) is 29.1 Å². The standard InChI is InChI=1S/C30H52F5OP/c1-5-9-13-14-15-16-17-18-19-20-24-37(21-10-6-2,22-11-7-3,23-12-8-4)36-30-28(34)26(32)25(31)27(33)29(30)35/h5-24H2,1-4H3. The topological polar surface area (TPSA) is 9.23 Å². The zero-order valence-electron chi connectivity index (χ0n) is 23.9. The van der Waals surface area contributed by atoms with Crippen LogP contribution in [0.25, 0.3) is 0 Å². The van der Waals surface area contributed by atoms with E-state index in [0.29, 0.717) is 24.6 Å². The van der Waals surface area contributed by atoms with Gasteiger partial charge in [-0.2, -0.15) is 0 Å². The third kappa shape index (κ3) is 10.3. The van der Waals surface area contributed by atoms with Crippen molar-refractivity contribution < 1.29 is 26.5 Å². The first-order valence-corrected chi connectivity index (χ1v) is 17.8. The van der Waals surface area contributed by atoms with Crippen molar-refractivity contribution in [2.45, 2.75) is 130 Å². The van der Waals surface area contributed by atoms with Gasteiger partial charge in [-0.15, -0.1) is 0 Å². The molecule has 1 aromatic carbocycles. The van der Waals surface area contributed by atoms with E-state index in [1.165, 1.54) is 44.9 Å². The fraction of sp³-hybridized carbons (Fsp3) is 0.800. The molecule has 0 fully saturated rings. The average Bonchev–Trinajstić information content (AvgIpc) is 2.91. The van der Waals surface area contributed by atoms with E-state index in [2.05, 4.69) is 27.7 Å². The average molecular weight is 555 g/mol. The molecule has 0 amide bonds. The summed E-state index contributed by atoms with van der Waals surface area (Å²) >= 11 is 0. The Hall–Kier alpha value is -0.900. The number of hydrogen-bond acceptors (Lipinski definition) is 1. The maximum absolute atomic E-state index is 14.9. The Balaban J connectivity index is 3.21. The molecule has 218 valence electrons. The first-order valence-electron chi connectivity index (χ1n) is 14.9. The van der Waals surface area contributed by atoms with E-state index in [1.54, 1.807) is 0 Å². The molecule has 0 saturated carbocycles. The summed E-state index contributed by atoms with van der Waals surface area (Å²) in [4.78, 5) is 0. The maximum atomic E-state index is 14.9. The molecule has 7 heteroatoms. The van der Waals surface area contributed by atoms with Gasteiger partial charge in [0.05, 0.1) is 0 Å². The second-order valence-corrected chi connectivity index (χ2v) is 16.7. The van der Waals surface area contributed by atoms with E-state index in [9.17, 15) is 22.0 Å². The predicted octanol–water partition coefficient (Wildman–Crippen LogP) is 11.6. The molecule has 1 aromatic rings. The van der Waals surface area contributed by atoms with Crippen LogP contribution in [0.4, 0.5) is 22.0 Å². The molecule has 0 N–H and O–H groups in total. The minimum atomic E-state index is -3.31. The number of benzene rings is 1. The zero-order chi connectivity index (χ0) is 27.8. The molecule has 0 saturated heterocycles. The van der Waals surface area contributed by atoms with Crippen molar-refractivity contribution in [1.82, 2.24) is 0 Å². The quantitative estimate of drug-likeness (QED) is 0.0455. The van der Waals surface area contributed by atoms with Gasteiger partial charge in [-0.05, 0) is 0 Å². The summed E-state index contributed by atoms with van der Waals surface area (Å²) in [7, 11) is 0. The summed E-state index contributed by atoms with van der Waals surface area (Å²) in [5.41, 5.74) is 0. The fourth-order valence-corrected chi connectivity index (χ4v) is 12.2. The van der Waals surface area contributed by atoms with Crippen molar-refractivity contribution in [2.24, 2.45) is 0 Å². The van der Waals surface area contributed by atoms with Crippen LogP contribution in [0.15, 0.2) is 0 Å². The first kappa shape index (κ1) is 34.1. The van der Waals surface area contributed by atoms with Crippen LogP contribution in [0.2, 0.25) is 0 Å². The fourth-order valence-electron chi connectivity index (χ4n) is 5.45. The molecule has 0 aromatic heterocycles. The Morgan fingerprint density at radius 3 is 1.08 bits per heavy atom. The molecule has 0 spiro atoms. The molecular formula is C30H52F5OP. The molecule has 1 rings (SSSR count). The van der Waals surface area contributed by atoms with Crippen molar-refractivity contribution in [2.75, 3.05) is 24.6 Å². The Labute approximate surface area is 223 Å². The molecule has 0 unspecified atom stereocenters. The predicted molar refractivity (Wildman–Crippen MR) is 150 cm³/mol. The Morgan fingerprint density at radius 1 is 0.405 bits per heavy atom. The van der Waals surface area contributed by atoms with Gasteiger partial charge >= 0.3 is 223 Å². The van der Waals surface area contributed by atoms with Gasteiger partial charge < -0.3 is 0 Å². The summed E-state index contributed by atoms with van der Waals surface area (Å²) in [5.74, 6) is -10.7. The van der Waals surface area contributed by atoms with Crippen LogP contribution in [-0.4, -0.2) is 24.6 Å². The zero-order valence-corrected chi connectivity index (χ0v) is 24.8. The van der Waals surface area contributed by atoms with Gasteiger partial charge in [-0.3, -0.25) is 0 Å². The van der Waals surface area contributed by atoms with Gasteiger partial charge in [0, 0.05) is 0 Å². The van der Waals surface area contributed by atoms with Gasteiger partial charge in [0.25, 0.3) is 0 Å². The monoisotopic (exact) mass is 554 g/mol. The van der Waals surface area contributed by atoms with Crippen molar-refractivity contribution in [3.8, 4) is 5.75 Å². The molecule has 0 radical (unpaired) electrons. The third-order valence-corrected chi connectivity index (χ3v) is 14.3. The van der Waals surface area contributed by atoms with E-state index in [4.69, 9.17) is 4.52 Å². The SMILES string of the molecule is CCCCCCCCCCCCP(CCCC)(CCCC)(CCCC)Oc1c(F)c(F)c(F)c(F)c1F. The summed E-state index contributed by atoms with van der Waals surface area (Å²) in [6.07, 6.45) is 19.5. The van der Waals surface area contributed by atoms with Crippen LogP contribution in [0, 0.1) is 29.1 Å². The molecule has 0 aliphatic carbocycles. The number of rotatable bonds is 22. The Morgan fingerprint density at radius 2 is 0.703 bits per heavy atom. The van der Waals surface area contributed by atoms with E-state index >= 15 is 0 Å². The van der Waals surface area contributed by atoms with Gasteiger partial charge in [0.2, 0.25) is 0 Å². The molecule has 0 aliphatic heterocycles. The summed E-state index contributed by atoms with van der Waals surface area (Å²) < 4.78 is 78.3. The molecular weight excluding hydrogens is 502 g/mol. The van der Waals surface area contributed by atoms with Crippen LogP contribution >= 0.6 is 6.83 Å². The summed E-state index contributed by atoms with van der Waals surface area (Å²) in [6, 6.07) is 0. The number of unbranched alkanes of at least 4 members (excludes halogenated alkanes) is 12. The summed E-state index contributed by atoms with van der Waals surface area (Å²) in [6.45, 7) is 5.08. The summed E-state index contributed by atoms with van der Waals surface area (Å²) in [5, 5.41) is 0. The Bertz CT molecular complexity index is 732. The van der Waals surface area contributed by atoms with Crippen molar-refractivity contribution >= 4 is 6.83 Å². The van der Waals surface area contributed by atoms with Gasteiger partial charge in [0.15, 0.2) is 0 Å². The van der Waals surface area contributed by atoms with Gasteiger partial charge in [-0.1, -0.05) is 0 Å². The molecule has 0 atom stereocenters. The van der Waals surface area contributed by atoms with Crippen LogP contribution in [0.3, 0.4) is 0 Å². The second-order valence-electron chi connectivity index (χ2n) is 11.0. The first-order chi connectivity index (χ1) is 17.7. The minimum absolute atomic E-state index is 0.666. The van der Waals surface area contributed by atoms with E-state index in [1.807, 2.05) is 0 Å². The molecule has 37 heavy (non-hydrogen) atoms. The van der Waals surface area contributed by atoms with Crippen LogP contribution < -0.4 is 4.52 Å². The molecule has 0 aliphatic rings. The van der Waals surface area contributed by atoms with Crippen LogP contribution in [0.1, 0.15) is 130 Å². The molecule has 0 heterocycles. The molecule has 1 nitrogen and oxygen atoms in total. The van der Waals surface area contributed by atoms with E-state index in [0.717, 1.165) is 57.8 Å². The number of hydrogen-bond donors (Lipinski definition) is 0. The van der Waals surface area contributed by atoms with Crippen molar-refractivity contribution in [3.63, 3.8) is 0 Å². The van der Waals surface area contributed by atoms with Gasteiger partial charge in [0.1, 0.15) is 0 Å². The normalized spacial score (nSPS) is 13.1.